The summed E-state index contributed by atoms with van der Waals surface area (Å²) < 4.78 is 0. The van der Waals surface area contributed by atoms with Crippen molar-refractivity contribution in [3.8, 4) is 0 Å². The molecule has 0 aliphatic rings. The van der Waals surface area contributed by atoms with Gasteiger partial charge < -0.3 is 15.5 Å². The van der Waals surface area contributed by atoms with Gasteiger partial charge >= 0.3 is 0 Å². The molecule has 0 aliphatic carbocycles. The van der Waals surface area contributed by atoms with Gasteiger partial charge in [0, 0.05) is 32.1 Å². The molecule has 0 aliphatic heterocycles. The van der Waals surface area contributed by atoms with E-state index in [9.17, 15) is 4.79 Å². The molecule has 4 nitrogen and oxygen atoms in total. The van der Waals surface area contributed by atoms with Crippen molar-refractivity contribution >= 4 is 5.91 Å². The molecule has 1 atom stereocenters. The number of hydrogen-bond donors (Lipinski definition) is 2. The van der Waals surface area contributed by atoms with Crippen LogP contribution in [0.3, 0.4) is 0 Å². The first-order chi connectivity index (χ1) is 13.1. The zero-order valence-corrected chi connectivity index (χ0v) is 19.0. The third kappa shape index (κ3) is 19.9. The highest BCUT2D eigenvalue weighted by molar-refractivity contribution is 5.76. The lowest BCUT2D eigenvalue weighted by atomic mass is 10.0. The van der Waals surface area contributed by atoms with Crippen LogP contribution in [-0.2, 0) is 4.79 Å². The van der Waals surface area contributed by atoms with Crippen molar-refractivity contribution in [3.05, 3.63) is 0 Å². The Kier molecular flexibility index (Phi) is 19.7. The average Bonchev–Trinajstić information content (AvgIpc) is 2.65. The number of amides is 1. The predicted molar refractivity (Wildman–Crippen MR) is 119 cm³/mol. The van der Waals surface area contributed by atoms with Crippen LogP contribution in [0.4, 0.5) is 0 Å². The molecule has 162 valence electrons. The first-order valence-electron chi connectivity index (χ1n) is 11.7. The monoisotopic (exact) mass is 383 g/mol. The van der Waals surface area contributed by atoms with Gasteiger partial charge in [-0.3, -0.25) is 4.79 Å². The summed E-state index contributed by atoms with van der Waals surface area (Å²) >= 11 is 0. The second kappa shape index (κ2) is 20.1. The van der Waals surface area contributed by atoms with Crippen molar-refractivity contribution in [2.45, 2.75) is 110 Å². The van der Waals surface area contributed by atoms with E-state index < -0.39 is 0 Å². The Morgan fingerprint density at radius 2 is 1.37 bits per heavy atom. The molecule has 4 heteroatoms. The molecule has 0 radical (unpaired) electrons. The molecule has 0 spiro atoms. The van der Waals surface area contributed by atoms with Gasteiger partial charge in [0.05, 0.1) is 0 Å². The third-order valence-corrected chi connectivity index (χ3v) is 5.36. The largest absolute Gasteiger partial charge is 0.354 e. The molecule has 0 rings (SSSR count). The Morgan fingerprint density at radius 3 is 1.89 bits per heavy atom. The number of carbonyl (C=O) groups is 1. The molecule has 0 aromatic heterocycles. The molecule has 0 heterocycles. The quantitative estimate of drug-likeness (QED) is 0.287. The van der Waals surface area contributed by atoms with Gasteiger partial charge in [-0.2, -0.15) is 0 Å². The zero-order chi connectivity index (χ0) is 20.2. The topological polar surface area (TPSA) is 44.4 Å². The van der Waals surface area contributed by atoms with Crippen LogP contribution in [-0.4, -0.2) is 50.6 Å². The normalized spacial score (nSPS) is 12.5. The van der Waals surface area contributed by atoms with E-state index in [0.717, 1.165) is 26.1 Å². The molecule has 1 unspecified atom stereocenters. The average molecular weight is 384 g/mol. The first kappa shape index (κ1) is 26.4. The maximum Gasteiger partial charge on any atom is 0.221 e. The van der Waals surface area contributed by atoms with Gasteiger partial charge in [0.25, 0.3) is 0 Å². The summed E-state index contributed by atoms with van der Waals surface area (Å²) in [6, 6.07) is 0.309. The minimum Gasteiger partial charge on any atom is -0.354 e. The number of nitrogens with one attached hydrogen (secondary N) is 2. The highest BCUT2D eigenvalue weighted by atomic mass is 16.1. The summed E-state index contributed by atoms with van der Waals surface area (Å²) in [7, 11) is 4.03. The number of hydrogen-bond acceptors (Lipinski definition) is 3. The van der Waals surface area contributed by atoms with E-state index >= 15 is 0 Å². The van der Waals surface area contributed by atoms with Gasteiger partial charge in [0.15, 0.2) is 0 Å². The second-order valence-corrected chi connectivity index (χ2v) is 8.30. The fourth-order valence-corrected chi connectivity index (χ4v) is 3.42. The van der Waals surface area contributed by atoms with Crippen LogP contribution in [0.15, 0.2) is 0 Å². The van der Waals surface area contributed by atoms with Crippen LogP contribution in [0, 0.1) is 0 Å². The van der Waals surface area contributed by atoms with Crippen LogP contribution >= 0.6 is 0 Å². The van der Waals surface area contributed by atoms with Crippen LogP contribution in [0.2, 0.25) is 0 Å². The van der Waals surface area contributed by atoms with Gasteiger partial charge in [-0.15, -0.1) is 0 Å². The second-order valence-electron chi connectivity index (χ2n) is 8.30. The van der Waals surface area contributed by atoms with Crippen LogP contribution in [0.5, 0.6) is 0 Å². The van der Waals surface area contributed by atoms with Crippen LogP contribution in [0.25, 0.3) is 0 Å². The van der Waals surface area contributed by atoms with Gasteiger partial charge in [-0.05, 0) is 27.4 Å². The predicted octanol–water partition coefficient (Wildman–Crippen LogP) is 5.12. The summed E-state index contributed by atoms with van der Waals surface area (Å²) in [6.07, 6.45) is 18.3. The summed E-state index contributed by atoms with van der Waals surface area (Å²) in [5.41, 5.74) is 0. The van der Waals surface area contributed by atoms with E-state index in [1.165, 1.54) is 77.0 Å². The highest BCUT2D eigenvalue weighted by Crippen LogP contribution is 2.13. The summed E-state index contributed by atoms with van der Waals surface area (Å²) in [5.74, 6) is 0.192. The number of rotatable bonds is 20. The molecule has 27 heavy (non-hydrogen) atoms. The van der Waals surface area contributed by atoms with Crippen molar-refractivity contribution in [2.24, 2.45) is 0 Å². The zero-order valence-electron chi connectivity index (χ0n) is 19.0. The Hall–Kier alpha value is -0.610. The molecular weight excluding hydrogens is 334 g/mol. The molecule has 0 saturated heterocycles. The van der Waals surface area contributed by atoms with Crippen LogP contribution < -0.4 is 10.6 Å². The van der Waals surface area contributed by atoms with Gasteiger partial charge in [0.2, 0.25) is 5.91 Å². The standard InChI is InChI=1S/C23H49N3O/c1-5-6-7-8-9-10-11-12-13-14-15-16-17-22(2)25-23(27)18-20-26(4)21-19-24-3/h22,24H,5-21H2,1-4H3,(H,25,27). The van der Waals surface area contributed by atoms with Crippen molar-refractivity contribution < 1.29 is 4.79 Å². The van der Waals surface area contributed by atoms with Crippen molar-refractivity contribution in [1.29, 1.82) is 0 Å². The minimum absolute atomic E-state index is 0.192. The van der Waals surface area contributed by atoms with E-state index in [0.29, 0.717) is 12.5 Å². The smallest absolute Gasteiger partial charge is 0.221 e. The van der Waals surface area contributed by atoms with E-state index in [1.807, 2.05) is 7.05 Å². The maximum atomic E-state index is 12.0. The lowest BCUT2D eigenvalue weighted by Crippen LogP contribution is -2.36. The van der Waals surface area contributed by atoms with Crippen LogP contribution in [0.1, 0.15) is 104 Å². The van der Waals surface area contributed by atoms with Crippen molar-refractivity contribution in [1.82, 2.24) is 15.5 Å². The van der Waals surface area contributed by atoms with Gasteiger partial charge in [-0.25, -0.2) is 0 Å². The Balaban J connectivity index is 3.38. The van der Waals surface area contributed by atoms with E-state index in [4.69, 9.17) is 0 Å². The number of unbranched alkanes of at least 4 members (excludes halogenated alkanes) is 11. The highest BCUT2D eigenvalue weighted by Gasteiger charge is 2.08. The first-order valence-corrected chi connectivity index (χ1v) is 11.7. The molecule has 0 fully saturated rings. The number of carbonyl (C=O) groups excluding carboxylic acids is 1. The Bertz CT molecular complexity index is 323. The van der Waals surface area contributed by atoms with E-state index in [2.05, 4.69) is 36.4 Å². The lowest BCUT2D eigenvalue weighted by Gasteiger charge is -2.18. The summed E-state index contributed by atoms with van der Waals surface area (Å²) in [4.78, 5) is 14.2. The van der Waals surface area contributed by atoms with Crippen molar-refractivity contribution in [3.63, 3.8) is 0 Å². The fourth-order valence-electron chi connectivity index (χ4n) is 3.42. The fraction of sp³-hybridized carbons (Fsp3) is 0.957. The molecule has 0 saturated carbocycles. The molecule has 1 amide bonds. The Morgan fingerprint density at radius 1 is 0.852 bits per heavy atom. The third-order valence-electron chi connectivity index (χ3n) is 5.36. The van der Waals surface area contributed by atoms with E-state index in [-0.39, 0.29) is 5.91 Å². The molecular formula is C23H49N3O. The number of likely N-dealkylation sites (N-methyl/N-ethyl adjacent to an activating group) is 2. The molecule has 2 N–H and O–H groups in total. The van der Waals surface area contributed by atoms with Crippen molar-refractivity contribution in [2.75, 3.05) is 33.7 Å². The van der Waals surface area contributed by atoms with Gasteiger partial charge in [0.1, 0.15) is 0 Å². The molecule has 0 aromatic carbocycles. The molecule has 0 bridgehead atoms. The molecule has 0 aromatic rings. The number of nitrogens with zero attached hydrogens (tertiary/aromatic N) is 1. The lowest BCUT2D eigenvalue weighted by molar-refractivity contribution is -0.122. The van der Waals surface area contributed by atoms with E-state index in [1.54, 1.807) is 0 Å². The maximum absolute atomic E-state index is 12.0. The minimum atomic E-state index is 0.192. The summed E-state index contributed by atoms with van der Waals surface area (Å²) in [6.45, 7) is 7.20. The Labute approximate surface area is 170 Å². The SMILES string of the molecule is CCCCCCCCCCCCCCC(C)NC(=O)CCN(C)CCNC. The van der Waals surface area contributed by atoms with Gasteiger partial charge in [-0.1, -0.05) is 84.0 Å². The summed E-state index contributed by atoms with van der Waals surface area (Å²) in [5, 5.41) is 6.28.